The van der Waals surface area contributed by atoms with Gasteiger partial charge in [-0.05, 0) is 42.9 Å². The average Bonchev–Trinajstić information content (AvgIpc) is 2.58. The molecule has 2 heteroatoms. The number of rotatable bonds is 3. The third-order valence-corrected chi connectivity index (χ3v) is 4.89. The van der Waals surface area contributed by atoms with Crippen LogP contribution in [0.5, 0.6) is 0 Å². The molecule has 0 aromatic heterocycles. The highest BCUT2D eigenvalue weighted by molar-refractivity contribution is 9.10. The summed E-state index contributed by atoms with van der Waals surface area (Å²) in [7, 11) is 0. The highest BCUT2D eigenvalue weighted by atomic mass is 79.9. The molecule has 0 radical (unpaired) electrons. The quantitative estimate of drug-likeness (QED) is 0.827. The minimum absolute atomic E-state index is 0.348. The van der Waals surface area contributed by atoms with Gasteiger partial charge in [0, 0.05) is 4.47 Å². The summed E-state index contributed by atoms with van der Waals surface area (Å²) in [6.45, 7) is 0.828. The van der Waals surface area contributed by atoms with Crippen molar-refractivity contribution in [3.8, 4) is 0 Å². The van der Waals surface area contributed by atoms with E-state index in [2.05, 4.69) is 40.2 Å². The monoisotopic (exact) mass is 295 g/mol. The van der Waals surface area contributed by atoms with Gasteiger partial charge in [0.2, 0.25) is 0 Å². The number of hydrogen-bond acceptors (Lipinski definition) is 1. The van der Waals surface area contributed by atoms with E-state index in [1.165, 1.54) is 48.6 Å². The van der Waals surface area contributed by atoms with Gasteiger partial charge in [-0.2, -0.15) is 0 Å². The van der Waals surface area contributed by atoms with Crippen molar-refractivity contribution in [2.24, 2.45) is 11.1 Å². The van der Waals surface area contributed by atoms with Gasteiger partial charge in [-0.15, -0.1) is 0 Å². The summed E-state index contributed by atoms with van der Waals surface area (Å²) in [4.78, 5) is 0. The van der Waals surface area contributed by atoms with E-state index < -0.39 is 0 Å². The number of nitrogens with two attached hydrogens (primary N) is 1. The smallest absolute Gasteiger partial charge is 0.0207 e. The maximum Gasteiger partial charge on any atom is 0.0207 e. The van der Waals surface area contributed by atoms with Crippen molar-refractivity contribution in [1.29, 1.82) is 0 Å². The highest BCUT2D eigenvalue weighted by Gasteiger charge is 2.30. The van der Waals surface area contributed by atoms with Gasteiger partial charge in [-0.1, -0.05) is 59.8 Å². The molecule has 0 atom stereocenters. The number of halogens is 1. The highest BCUT2D eigenvalue weighted by Crippen LogP contribution is 2.38. The second kappa shape index (κ2) is 6.01. The molecule has 94 valence electrons. The largest absolute Gasteiger partial charge is 0.330 e. The van der Waals surface area contributed by atoms with Crippen LogP contribution in [0.4, 0.5) is 0 Å². The average molecular weight is 296 g/mol. The maximum atomic E-state index is 6.09. The molecule has 0 unspecified atom stereocenters. The first-order valence-corrected chi connectivity index (χ1v) is 7.49. The summed E-state index contributed by atoms with van der Waals surface area (Å²) in [6.07, 6.45) is 9.19. The third-order valence-electron chi connectivity index (χ3n) is 4.12. The van der Waals surface area contributed by atoms with Crippen molar-refractivity contribution in [1.82, 2.24) is 0 Å². The van der Waals surface area contributed by atoms with Crippen LogP contribution in [0, 0.1) is 5.41 Å². The fourth-order valence-corrected chi connectivity index (χ4v) is 3.40. The molecule has 0 aliphatic heterocycles. The first kappa shape index (κ1) is 13.1. The normalized spacial score (nSPS) is 19.9. The molecule has 0 spiro atoms. The summed E-state index contributed by atoms with van der Waals surface area (Å²) in [5.41, 5.74) is 7.85. The molecule has 1 aliphatic rings. The van der Waals surface area contributed by atoms with E-state index in [1.807, 2.05) is 0 Å². The van der Waals surface area contributed by atoms with Gasteiger partial charge in [0.1, 0.15) is 0 Å². The molecule has 0 heterocycles. The summed E-state index contributed by atoms with van der Waals surface area (Å²) >= 11 is 3.66. The Hall–Kier alpha value is -0.340. The molecule has 2 rings (SSSR count). The van der Waals surface area contributed by atoms with Crippen molar-refractivity contribution >= 4 is 15.9 Å². The van der Waals surface area contributed by atoms with Crippen LogP contribution in [-0.2, 0) is 6.42 Å². The van der Waals surface area contributed by atoms with Crippen molar-refractivity contribution in [2.45, 2.75) is 44.9 Å². The van der Waals surface area contributed by atoms with Gasteiger partial charge in [-0.25, -0.2) is 0 Å². The zero-order valence-electron chi connectivity index (χ0n) is 10.4. The lowest BCUT2D eigenvalue weighted by Gasteiger charge is -2.32. The Morgan fingerprint density at radius 2 is 1.71 bits per heavy atom. The van der Waals surface area contributed by atoms with E-state index in [0.29, 0.717) is 5.41 Å². The fraction of sp³-hybridized carbons (Fsp3) is 0.600. The SMILES string of the molecule is NCC1(Cc2ccccc2Br)CCCCCC1. The van der Waals surface area contributed by atoms with Crippen LogP contribution in [0.1, 0.15) is 44.1 Å². The molecular weight excluding hydrogens is 274 g/mol. The Labute approximate surface area is 113 Å². The molecule has 0 saturated heterocycles. The van der Waals surface area contributed by atoms with Crippen LogP contribution in [0.15, 0.2) is 28.7 Å². The van der Waals surface area contributed by atoms with Gasteiger partial charge >= 0.3 is 0 Å². The van der Waals surface area contributed by atoms with Gasteiger partial charge in [0.15, 0.2) is 0 Å². The number of benzene rings is 1. The van der Waals surface area contributed by atoms with Crippen LogP contribution in [0.3, 0.4) is 0 Å². The third kappa shape index (κ3) is 3.32. The van der Waals surface area contributed by atoms with Crippen LogP contribution in [0.2, 0.25) is 0 Å². The van der Waals surface area contributed by atoms with E-state index in [0.717, 1.165) is 13.0 Å². The Bertz CT molecular complexity index is 354. The van der Waals surface area contributed by atoms with E-state index in [9.17, 15) is 0 Å². The van der Waals surface area contributed by atoms with E-state index in [4.69, 9.17) is 5.73 Å². The van der Waals surface area contributed by atoms with Gasteiger partial charge in [0.25, 0.3) is 0 Å². The minimum Gasteiger partial charge on any atom is -0.330 e. The van der Waals surface area contributed by atoms with Gasteiger partial charge in [-0.3, -0.25) is 0 Å². The maximum absolute atomic E-state index is 6.09. The van der Waals surface area contributed by atoms with Crippen LogP contribution in [-0.4, -0.2) is 6.54 Å². The summed E-state index contributed by atoms with van der Waals surface area (Å²) in [5.74, 6) is 0. The Morgan fingerprint density at radius 1 is 1.06 bits per heavy atom. The first-order chi connectivity index (χ1) is 8.26. The molecule has 1 aromatic carbocycles. The van der Waals surface area contributed by atoms with Crippen LogP contribution >= 0.6 is 15.9 Å². The molecule has 0 amide bonds. The number of hydrogen-bond donors (Lipinski definition) is 1. The minimum atomic E-state index is 0.348. The predicted octanol–water partition coefficient (Wildman–Crippen LogP) is 4.29. The molecule has 1 aromatic rings. The van der Waals surface area contributed by atoms with Gasteiger partial charge < -0.3 is 5.73 Å². The molecular formula is C15H22BrN. The Kier molecular flexibility index (Phi) is 4.63. The summed E-state index contributed by atoms with van der Waals surface area (Å²) in [5, 5.41) is 0. The molecule has 0 bridgehead atoms. The summed E-state index contributed by atoms with van der Waals surface area (Å²) in [6, 6.07) is 8.57. The zero-order valence-corrected chi connectivity index (χ0v) is 12.0. The standard InChI is InChI=1S/C15H22BrN/c16-14-8-4-3-7-13(14)11-15(12-17)9-5-1-2-6-10-15/h3-4,7-8H,1-2,5-6,9-12,17H2. The molecule has 1 aliphatic carbocycles. The fourth-order valence-electron chi connectivity index (χ4n) is 2.98. The van der Waals surface area contributed by atoms with E-state index >= 15 is 0 Å². The van der Waals surface area contributed by atoms with Crippen molar-refractivity contribution in [3.63, 3.8) is 0 Å². The van der Waals surface area contributed by atoms with E-state index in [1.54, 1.807) is 0 Å². The van der Waals surface area contributed by atoms with Crippen LogP contribution < -0.4 is 5.73 Å². The Morgan fingerprint density at radius 3 is 2.29 bits per heavy atom. The second-order valence-corrected chi connectivity index (χ2v) is 6.24. The lowest BCUT2D eigenvalue weighted by Crippen LogP contribution is -2.32. The van der Waals surface area contributed by atoms with Crippen molar-refractivity contribution < 1.29 is 0 Å². The summed E-state index contributed by atoms with van der Waals surface area (Å²) < 4.78 is 1.23. The molecule has 1 saturated carbocycles. The van der Waals surface area contributed by atoms with Gasteiger partial charge in [0.05, 0.1) is 0 Å². The molecule has 17 heavy (non-hydrogen) atoms. The van der Waals surface area contributed by atoms with Crippen molar-refractivity contribution in [2.75, 3.05) is 6.54 Å². The Balaban J connectivity index is 2.15. The van der Waals surface area contributed by atoms with Crippen LogP contribution in [0.25, 0.3) is 0 Å². The topological polar surface area (TPSA) is 26.0 Å². The predicted molar refractivity (Wildman–Crippen MR) is 77.0 cm³/mol. The molecule has 2 N–H and O–H groups in total. The zero-order chi connectivity index (χ0) is 12.1. The van der Waals surface area contributed by atoms with E-state index in [-0.39, 0.29) is 0 Å². The molecule has 1 nitrogen and oxygen atoms in total. The lowest BCUT2D eigenvalue weighted by atomic mass is 9.75. The molecule has 1 fully saturated rings. The lowest BCUT2D eigenvalue weighted by molar-refractivity contribution is 0.252. The first-order valence-electron chi connectivity index (χ1n) is 6.69. The second-order valence-electron chi connectivity index (χ2n) is 5.39. The van der Waals surface area contributed by atoms with Crippen molar-refractivity contribution in [3.05, 3.63) is 34.3 Å².